The zero-order chi connectivity index (χ0) is 10.3. The number of hydrogen-bond acceptors (Lipinski definition) is 3. The van der Waals surface area contributed by atoms with Crippen molar-refractivity contribution >= 4 is 5.82 Å². The first kappa shape index (κ1) is 9.30. The molecule has 0 spiro atoms. The van der Waals surface area contributed by atoms with Crippen molar-refractivity contribution < 1.29 is 8.78 Å². The Morgan fingerprint density at radius 1 is 1.29 bits per heavy atom. The normalized spacial score (nSPS) is 19.3. The second-order valence-electron chi connectivity index (χ2n) is 3.62. The summed E-state index contributed by atoms with van der Waals surface area (Å²) in [4.78, 5) is 9.57. The van der Waals surface area contributed by atoms with E-state index >= 15 is 0 Å². The third-order valence-corrected chi connectivity index (χ3v) is 2.45. The lowest BCUT2D eigenvalue weighted by Crippen LogP contribution is -2.57. The van der Waals surface area contributed by atoms with Gasteiger partial charge in [-0.25, -0.2) is 18.7 Å². The van der Waals surface area contributed by atoms with Crippen LogP contribution in [-0.4, -0.2) is 29.0 Å². The molecule has 2 rings (SSSR count). The number of nitrogens with zero attached hydrogens (tertiary/aromatic N) is 3. The molecule has 1 aliphatic heterocycles. The zero-order valence-electron chi connectivity index (χ0n) is 8.09. The van der Waals surface area contributed by atoms with Crippen LogP contribution >= 0.6 is 0 Å². The minimum Gasteiger partial charge on any atom is -0.344 e. The van der Waals surface area contributed by atoms with Crippen LogP contribution < -0.4 is 4.90 Å². The van der Waals surface area contributed by atoms with E-state index in [-0.39, 0.29) is 13.1 Å². The lowest BCUT2D eigenvalue weighted by atomic mass is 10.1. The molecule has 0 atom stereocenters. The average molecular weight is 199 g/mol. The van der Waals surface area contributed by atoms with Gasteiger partial charge in [0, 0.05) is 11.3 Å². The monoisotopic (exact) mass is 199 g/mol. The molecular weight excluding hydrogens is 188 g/mol. The van der Waals surface area contributed by atoms with Gasteiger partial charge in [0.1, 0.15) is 12.1 Å². The van der Waals surface area contributed by atoms with Crippen LogP contribution in [0.15, 0.2) is 6.33 Å². The molecule has 0 aromatic carbocycles. The van der Waals surface area contributed by atoms with E-state index in [1.165, 1.54) is 6.33 Å². The summed E-state index contributed by atoms with van der Waals surface area (Å²) in [6, 6.07) is 0. The predicted octanol–water partition coefficient (Wildman–Crippen LogP) is 1.55. The van der Waals surface area contributed by atoms with Gasteiger partial charge in [-0.3, -0.25) is 0 Å². The molecule has 0 unspecified atom stereocenters. The Morgan fingerprint density at radius 2 is 1.93 bits per heavy atom. The molecule has 1 aromatic heterocycles. The maximum Gasteiger partial charge on any atom is 0.282 e. The highest BCUT2D eigenvalue weighted by molar-refractivity contribution is 5.50. The minimum atomic E-state index is -2.55. The number of alkyl halides is 2. The molecule has 76 valence electrons. The van der Waals surface area contributed by atoms with Crippen LogP contribution in [0.3, 0.4) is 0 Å². The lowest BCUT2D eigenvalue weighted by Gasteiger charge is -2.40. The quantitative estimate of drug-likeness (QED) is 0.687. The largest absolute Gasteiger partial charge is 0.344 e. The van der Waals surface area contributed by atoms with Crippen LogP contribution in [0.2, 0.25) is 0 Å². The first-order valence-corrected chi connectivity index (χ1v) is 4.40. The summed E-state index contributed by atoms with van der Waals surface area (Å²) < 4.78 is 25.2. The van der Waals surface area contributed by atoms with E-state index in [0.29, 0.717) is 5.82 Å². The highest BCUT2D eigenvalue weighted by Gasteiger charge is 2.44. The summed E-state index contributed by atoms with van der Waals surface area (Å²) >= 11 is 0. The molecule has 0 radical (unpaired) electrons. The van der Waals surface area contributed by atoms with Gasteiger partial charge in [-0.05, 0) is 13.8 Å². The van der Waals surface area contributed by atoms with Crippen LogP contribution in [0, 0.1) is 13.8 Å². The van der Waals surface area contributed by atoms with E-state index in [2.05, 4.69) is 9.97 Å². The zero-order valence-corrected chi connectivity index (χ0v) is 8.09. The smallest absolute Gasteiger partial charge is 0.282 e. The van der Waals surface area contributed by atoms with Crippen LogP contribution in [0.25, 0.3) is 0 Å². The lowest BCUT2D eigenvalue weighted by molar-refractivity contribution is -0.0267. The van der Waals surface area contributed by atoms with Crippen molar-refractivity contribution in [1.29, 1.82) is 0 Å². The molecule has 5 heteroatoms. The summed E-state index contributed by atoms with van der Waals surface area (Å²) in [5.74, 6) is -1.92. The number of halogens is 2. The molecule has 2 heterocycles. The molecule has 1 aliphatic rings. The molecule has 1 saturated heterocycles. The predicted molar refractivity (Wildman–Crippen MR) is 48.7 cm³/mol. The molecule has 1 aromatic rings. The topological polar surface area (TPSA) is 29.0 Å². The summed E-state index contributed by atoms with van der Waals surface area (Å²) in [7, 11) is 0. The van der Waals surface area contributed by atoms with Gasteiger partial charge in [0.05, 0.1) is 13.1 Å². The second kappa shape index (κ2) is 2.87. The van der Waals surface area contributed by atoms with Gasteiger partial charge >= 0.3 is 0 Å². The molecule has 0 saturated carbocycles. The van der Waals surface area contributed by atoms with E-state index in [0.717, 1.165) is 11.3 Å². The fraction of sp³-hybridized carbons (Fsp3) is 0.556. The van der Waals surface area contributed by atoms with E-state index in [1.54, 1.807) is 4.90 Å². The van der Waals surface area contributed by atoms with Crippen molar-refractivity contribution in [3.8, 4) is 0 Å². The molecule has 3 nitrogen and oxygen atoms in total. The van der Waals surface area contributed by atoms with Crippen LogP contribution in [0.5, 0.6) is 0 Å². The van der Waals surface area contributed by atoms with E-state index in [1.807, 2.05) is 13.8 Å². The molecule has 0 N–H and O–H groups in total. The highest BCUT2D eigenvalue weighted by Crippen LogP contribution is 2.32. The van der Waals surface area contributed by atoms with Gasteiger partial charge in [-0.15, -0.1) is 0 Å². The van der Waals surface area contributed by atoms with E-state index in [9.17, 15) is 8.78 Å². The van der Waals surface area contributed by atoms with Gasteiger partial charge in [-0.1, -0.05) is 0 Å². The average Bonchev–Trinajstić information content (AvgIpc) is 2.06. The number of aromatic nitrogens is 2. The van der Waals surface area contributed by atoms with Crippen molar-refractivity contribution in [2.24, 2.45) is 0 Å². The molecule has 0 aliphatic carbocycles. The van der Waals surface area contributed by atoms with Crippen molar-refractivity contribution in [3.63, 3.8) is 0 Å². The van der Waals surface area contributed by atoms with Crippen molar-refractivity contribution in [2.45, 2.75) is 19.8 Å². The third-order valence-electron chi connectivity index (χ3n) is 2.45. The molecule has 0 amide bonds. The number of anilines is 1. The van der Waals surface area contributed by atoms with E-state index in [4.69, 9.17) is 0 Å². The van der Waals surface area contributed by atoms with Crippen molar-refractivity contribution in [2.75, 3.05) is 18.0 Å². The maximum absolute atomic E-state index is 12.6. The molecule has 0 bridgehead atoms. The van der Waals surface area contributed by atoms with Crippen molar-refractivity contribution in [1.82, 2.24) is 9.97 Å². The fourth-order valence-electron chi connectivity index (χ4n) is 1.51. The van der Waals surface area contributed by atoms with Crippen LogP contribution in [-0.2, 0) is 0 Å². The molecular formula is C9H11F2N3. The van der Waals surface area contributed by atoms with Gasteiger partial charge < -0.3 is 4.90 Å². The first-order chi connectivity index (χ1) is 6.49. The summed E-state index contributed by atoms with van der Waals surface area (Å²) in [6.45, 7) is 3.23. The summed E-state index contributed by atoms with van der Waals surface area (Å²) in [5, 5.41) is 0. The van der Waals surface area contributed by atoms with Gasteiger partial charge in [-0.2, -0.15) is 0 Å². The van der Waals surface area contributed by atoms with Crippen molar-refractivity contribution in [3.05, 3.63) is 17.6 Å². The maximum atomic E-state index is 12.6. The summed E-state index contributed by atoms with van der Waals surface area (Å²) in [5.41, 5.74) is 1.72. The second-order valence-corrected chi connectivity index (χ2v) is 3.62. The Hall–Kier alpha value is -1.26. The summed E-state index contributed by atoms with van der Waals surface area (Å²) in [6.07, 6.45) is 1.41. The van der Waals surface area contributed by atoms with Gasteiger partial charge in [0.2, 0.25) is 0 Å². The Bertz CT molecular complexity index is 357. The van der Waals surface area contributed by atoms with Gasteiger partial charge in [0.25, 0.3) is 5.92 Å². The number of aryl methyl sites for hydroxylation is 1. The Kier molecular flexibility index (Phi) is 1.90. The van der Waals surface area contributed by atoms with Crippen LogP contribution in [0.4, 0.5) is 14.6 Å². The minimum absolute atomic E-state index is 0.232. The third kappa shape index (κ3) is 1.42. The SMILES string of the molecule is Cc1ncnc(N2CC(F)(F)C2)c1C. The standard InChI is InChI=1S/C9H11F2N3/c1-6-7(2)12-5-13-8(6)14-3-9(10,11)4-14/h5H,3-4H2,1-2H3. The fourth-order valence-corrected chi connectivity index (χ4v) is 1.51. The van der Waals surface area contributed by atoms with Gasteiger partial charge in [0.15, 0.2) is 0 Å². The Morgan fingerprint density at radius 3 is 2.50 bits per heavy atom. The number of rotatable bonds is 1. The Labute approximate surface area is 80.8 Å². The highest BCUT2D eigenvalue weighted by atomic mass is 19.3. The van der Waals surface area contributed by atoms with Crippen LogP contribution in [0.1, 0.15) is 11.3 Å². The number of hydrogen-bond donors (Lipinski definition) is 0. The molecule has 1 fully saturated rings. The Balaban J connectivity index is 2.23. The first-order valence-electron chi connectivity index (χ1n) is 4.40. The van der Waals surface area contributed by atoms with E-state index < -0.39 is 5.92 Å². The molecule has 14 heavy (non-hydrogen) atoms.